The van der Waals surface area contributed by atoms with Gasteiger partial charge in [0.25, 0.3) is 5.91 Å². The van der Waals surface area contributed by atoms with E-state index in [0.717, 1.165) is 17.7 Å². The zero-order chi connectivity index (χ0) is 17.6. The molecule has 0 bridgehead atoms. The molecule has 3 rings (SSSR count). The molecule has 6 heteroatoms. The van der Waals surface area contributed by atoms with Crippen LogP contribution in [0.15, 0.2) is 71.9 Å². The van der Waals surface area contributed by atoms with E-state index >= 15 is 0 Å². The number of carbonyl (C=O) groups is 1. The summed E-state index contributed by atoms with van der Waals surface area (Å²) < 4.78 is 13.2. The molecule has 0 fully saturated rings. The van der Waals surface area contributed by atoms with Crippen LogP contribution in [0.4, 0.5) is 0 Å². The van der Waals surface area contributed by atoms with Crippen molar-refractivity contribution >= 4 is 16.7 Å². The molecular formula is C19H19N3O2S. The van der Waals surface area contributed by atoms with Gasteiger partial charge in [0, 0.05) is 46.5 Å². The number of amides is 1. The van der Waals surface area contributed by atoms with E-state index in [1.807, 2.05) is 36.5 Å². The van der Waals surface area contributed by atoms with E-state index in [4.69, 9.17) is 0 Å². The molecule has 5 nitrogen and oxygen atoms in total. The van der Waals surface area contributed by atoms with E-state index in [9.17, 15) is 9.00 Å². The van der Waals surface area contributed by atoms with E-state index in [-0.39, 0.29) is 5.91 Å². The highest BCUT2D eigenvalue weighted by Crippen LogP contribution is 2.10. The number of hydrogen-bond donors (Lipinski definition) is 1. The molecule has 1 unspecified atom stereocenters. The van der Waals surface area contributed by atoms with Crippen LogP contribution in [0.25, 0.3) is 5.69 Å². The van der Waals surface area contributed by atoms with Gasteiger partial charge in [-0.05, 0) is 54.4 Å². The average Bonchev–Trinajstić information content (AvgIpc) is 3.17. The molecule has 3 aromatic rings. The highest BCUT2D eigenvalue weighted by Gasteiger charge is 2.06. The monoisotopic (exact) mass is 353 g/mol. The lowest BCUT2D eigenvalue weighted by Gasteiger charge is -2.07. The molecule has 128 valence electrons. The van der Waals surface area contributed by atoms with Crippen LogP contribution in [0.3, 0.4) is 0 Å². The van der Waals surface area contributed by atoms with Gasteiger partial charge >= 0.3 is 0 Å². The molecule has 0 aliphatic rings. The molecule has 1 heterocycles. The number of nitrogens with zero attached hydrogens (tertiary/aromatic N) is 2. The van der Waals surface area contributed by atoms with E-state index in [1.165, 1.54) is 0 Å². The summed E-state index contributed by atoms with van der Waals surface area (Å²) in [4.78, 5) is 12.8. The fourth-order valence-corrected chi connectivity index (χ4v) is 2.98. The second-order valence-electron chi connectivity index (χ2n) is 5.60. The normalized spacial score (nSPS) is 11.9. The van der Waals surface area contributed by atoms with E-state index in [2.05, 4.69) is 10.4 Å². The van der Waals surface area contributed by atoms with Crippen molar-refractivity contribution in [2.24, 2.45) is 0 Å². The van der Waals surface area contributed by atoms with Crippen molar-refractivity contribution < 1.29 is 9.00 Å². The second kappa shape index (κ2) is 7.90. The molecule has 1 N–H and O–H groups in total. The van der Waals surface area contributed by atoms with Gasteiger partial charge in [-0.2, -0.15) is 5.10 Å². The number of benzene rings is 2. The van der Waals surface area contributed by atoms with Crippen LogP contribution in [0.5, 0.6) is 0 Å². The Kier molecular flexibility index (Phi) is 5.40. The number of aromatic nitrogens is 2. The smallest absolute Gasteiger partial charge is 0.251 e. The van der Waals surface area contributed by atoms with Crippen LogP contribution >= 0.6 is 0 Å². The summed E-state index contributed by atoms with van der Waals surface area (Å²) in [5.41, 5.74) is 2.72. The lowest BCUT2D eigenvalue weighted by atomic mass is 10.1. The Labute approximate surface area is 149 Å². The van der Waals surface area contributed by atoms with Crippen LogP contribution < -0.4 is 5.32 Å². The Hall–Kier alpha value is -2.73. The summed E-state index contributed by atoms with van der Waals surface area (Å²) in [5, 5.41) is 7.10. The first-order valence-electron chi connectivity index (χ1n) is 7.94. The van der Waals surface area contributed by atoms with E-state index in [1.54, 1.807) is 41.4 Å². The second-order valence-corrected chi connectivity index (χ2v) is 6.98. The predicted molar refractivity (Wildman–Crippen MR) is 98.4 cm³/mol. The maximum Gasteiger partial charge on any atom is 0.251 e. The van der Waals surface area contributed by atoms with Crippen molar-refractivity contribution in [3.63, 3.8) is 0 Å². The van der Waals surface area contributed by atoms with Crippen LogP contribution in [0, 0.1) is 0 Å². The van der Waals surface area contributed by atoms with Crippen molar-refractivity contribution in [3.05, 3.63) is 78.1 Å². The zero-order valence-corrected chi connectivity index (χ0v) is 14.7. The summed E-state index contributed by atoms with van der Waals surface area (Å²) in [7, 11) is -1.03. The largest absolute Gasteiger partial charge is 0.352 e. The van der Waals surface area contributed by atoms with Crippen molar-refractivity contribution in [1.29, 1.82) is 0 Å². The minimum absolute atomic E-state index is 0.124. The highest BCUT2D eigenvalue weighted by molar-refractivity contribution is 7.84. The van der Waals surface area contributed by atoms with Gasteiger partial charge in [-0.25, -0.2) is 4.68 Å². The van der Waals surface area contributed by atoms with Gasteiger partial charge in [-0.1, -0.05) is 12.1 Å². The SMILES string of the molecule is CS(=O)c1ccc(C(=O)NCCc2ccc(-n3cccn3)cc2)cc1. The Bertz CT molecular complexity index is 857. The van der Waals surface area contributed by atoms with Crippen molar-refractivity contribution in [2.75, 3.05) is 12.8 Å². The molecule has 0 aliphatic heterocycles. The standard InChI is InChI=1S/C19H19N3O2S/c1-25(24)18-9-5-16(6-10-18)19(23)20-13-11-15-3-7-17(8-4-15)22-14-2-12-21-22/h2-10,12,14H,11,13H2,1H3,(H,20,23). The number of nitrogens with one attached hydrogen (secondary N) is 1. The molecule has 25 heavy (non-hydrogen) atoms. The van der Waals surface area contributed by atoms with Crippen molar-refractivity contribution in [1.82, 2.24) is 15.1 Å². The lowest BCUT2D eigenvalue weighted by Crippen LogP contribution is -2.25. The molecule has 0 radical (unpaired) electrons. The molecule has 1 aromatic heterocycles. The van der Waals surface area contributed by atoms with Gasteiger partial charge < -0.3 is 5.32 Å². The number of carbonyl (C=O) groups excluding carboxylic acids is 1. The molecule has 0 aliphatic carbocycles. The van der Waals surface area contributed by atoms with Gasteiger partial charge in [0.05, 0.1) is 5.69 Å². The van der Waals surface area contributed by atoms with E-state index in [0.29, 0.717) is 17.0 Å². The van der Waals surface area contributed by atoms with Crippen molar-refractivity contribution in [3.8, 4) is 5.69 Å². The summed E-state index contributed by atoms with van der Waals surface area (Å²) >= 11 is 0. The molecule has 2 aromatic carbocycles. The quantitative estimate of drug-likeness (QED) is 0.741. The Morgan fingerprint density at radius 1 is 1.12 bits per heavy atom. The van der Waals surface area contributed by atoms with Gasteiger partial charge in [0.2, 0.25) is 0 Å². The summed E-state index contributed by atoms with van der Waals surface area (Å²) in [6, 6.07) is 16.8. The molecular weight excluding hydrogens is 334 g/mol. The van der Waals surface area contributed by atoms with Crippen LogP contribution in [-0.2, 0) is 17.2 Å². The summed E-state index contributed by atoms with van der Waals surface area (Å²) in [5.74, 6) is -0.124. The molecule has 0 spiro atoms. The Morgan fingerprint density at radius 2 is 1.84 bits per heavy atom. The fraction of sp³-hybridized carbons (Fsp3) is 0.158. The molecule has 0 saturated carbocycles. The number of hydrogen-bond acceptors (Lipinski definition) is 3. The molecule has 1 amide bonds. The zero-order valence-electron chi connectivity index (χ0n) is 13.9. The highest BCUT2D eigenvalue weighted by atomic mass is 32.2. The van der Waals surface area contributed by atoms with Gasteiger partial charge in [0.1, 0.15) is 0 Å². The minimum atomic E-state index is -1.03. The van der Waals surface area contributed by atoms with Gasteiger partial charge in [-0.15, -0.1) is 0 Å². The molecule has 0 saturated heterocycles. The predicted octanol–water partition coefficient (Wildman–Crippen LogP) is 2.58. The first-order valence-corrected chi connectivity index (χ1v) is 9.50. The third-order valence-corrected chi connectivity index (χ3v) is 4.79. The van der Waals surface area contributed by atoms with Gasteiger partial charge in [0.15, 0.2) is 0 Å². The van der Waals surface area contributed by atoms with Crippen LogP contribution in [0.2, 0.25) is 0 Å². The summed E-state index contributed by atoms with van der Waals surface area (Å²) in [6.07, 6.45) is 6.01. The Morgan fingerprint density at radius 3 is 2.44 bits per heavy atom. The van der Waals surface area contributed by atoms with Gasteiger partial charge in [-0.3, -0.25) is 9.00 Å². The topological polar surface area (TPSA) is 64.0 Å². The first kappa shape index (κ1) is 17.1. The lowest BCUT2D eigenvalue weighted by molar-refractivity contribution is 0.0954. The molecule has 1 atom stereocenters. The van der Waals surface area contributed by atoms with Crippen molar-refractivity contribution in [2.45, 2.75) is 11.3 Å². The first-order chi connectivity index (χ1) is 12.1. The average molecular weight is 353 g/mol. The number of rotatable bonds is 6. The fourth-order valence-electron chi connectivity index (χ4n) is 2.46. The summed E-state index contributed by atoms with van der Waals surface area (Å²) in [6.45, 7) is 0.557. The maximum atomic E-state index is 12.1. The Balaban J connectivity index is 1.52. The third kappa shape index (κ3) is 4.42. The van der Waals surface area contributed by atoms with Crippen LogP contribution in [0.1, 0.15) is 15.9 Å². The third-order valence-electron chi connectivity index (χ3n) is 3.85. The maximum absolute atomic E-state index is 12.1. The minimum Gasteiger partial charge on any atom is -0.352 e. The van der Waals surface area contributed by atoms with Crippen LogP contribution in [-0.4, -0.2) is 32.7 Å². The van der Waals surface area contributed by atoms with E-state index < -0.39 is 10.8 Å².